The molecule has 0 aromatic rings. The molecule has 2 heteroatoms. The summed E-state index contributed by atoms with van der Waals surface area (Å²) in [5.74, 6) is 1.35. The summed E-state index contributed by atoms with van der Waals surface area (Å²) in [5.41, 5.74) is 1.64. The predicted molar refractivity (Wildman–Crippen MR) is 77.2 cm³/mol. The first kappa shape index (κ1) is 12.4. The molecule has 0 bridgehead atoms. The number of allylic oxidation sites excluding steroid dienone is 5. The molecule has 0 spiro atoms. The van der Waals surface area contributed by atoms with Gasteiger partial charge in [-0.1, -0.05) is 0 Å². The average molecular weight is 227 g/mol. The van der Waals surface area contributed by atoms with E-state index in [1.165, 1.54) is 5.57 Å². The fourth-order valence-electron chi connectivity index (χ4n) is 2.66. The third-order valence-electron chi connectivity index (χ3n) is 3.85. The van der Waals surface area contributed by atoms with Crippen LogP contribution in [-0.4, -0.2) is 31.4 Å². The zero-order chi connectivity index (χ0) is 12.5. The van der Waals surface area contributed by atoms with Gasteiger partial charge in [0.1, 0.15) is 0 Å². The molecule has 17 heavy (non-hydrogen) atoms. The monoisotopic (exact) mass is 227 g/mol. The molecule has 1 saturated heterocycles. The molecule has 90 valence electrons. The minimum absolute atomic E-state index is 0.179. The Morgan fingerprint density at radius 2 is 2.12 bits per heavy atom. The molecule has 1 heterocycles. The van der Waals surface area contributed by atoms with E-state index in [1.54, 1.807) is 0 Å². The van der Waals surface area contributed by atoms with E-state index in [4.69, 9.17) is 0 Å². The Bertz CT molecular complexity index is 390. The van der Waals surface area contributed by atoms with Crippen LogP contribution in [0, 0.1) is 17.3 Å². The van der Waals surface area contributed by atoms with E-state index >= 15 is 0 Å². The van der Waals surface area contributed by atoms with Gasteiger partial charge in [0, 0.05) is 0 Å². The van der Waals surface area contributed by atoms with Crippen LogP contribution in [-0.2, 0) is 0 Å². The topological polar surface area (TPSA) is 3.24 Å². The SMILES string of the molecule is C=BN1CC(C)C(C2=CC=CC(C)(C)C=C2)C1. The van der Waals surface area contributed by atoms with Crippen molar-refractivity contribution < 1.29 is 0 Å². The van der Waals surface area contributed by atoms with Gasteiger partial charge in [-0.15, -0.1) is 0 Å². The van der Waals surface area contributed by atoms with Crippen LogP contribution in [0.4, 0.5) is 0 Å². The quantitative estimate of drug-likeness (QED) is 0.655. The van der Waals surface area contributed by atoms with Gasteiger partial charge >= 0.3 is 105 Å². The van der Waals surface area contributed by atoms with E-state index < -0.39 is 0 Å². The van der Waals surface area contributed by atoms with Crippen LogP contribution in [0.5, 0.6) is 0 Å². The number of nitrogens with zero attached hydrogens (tertiary/aromatic N) is 1. The standard InChI is InChI=1S/C15H22BN/c1-12-10-17(16-4)11-14(12)13-6-5-8-15(2,3)9-7-13/h5-9,12,14H,4,10-11H2,1-3H3. The number of hydrogen-bond donors (Lipinski definition) is 0. The van der Waals surface area contributed by atoms with Crippen molar-refractivity contribution in [3.63, 3.8) is 0 Å². The molecule has 2 rings (SSSR count). The maximum atomic E-state index is 3.87. The molecule has 1 aliphatic heterocycles. The van der Waals surface area contributed by atoms with Gasteiger partial charge < -0.3 is 0 Å². The third-order valence-corrected chi connectivity index (χ3v) is 3.85. The van der Waals surface area contributed by atoms with Crippen molar-refractivity contribution in [2.75, 3.05) is 13.1 Å². The summed E-state index contributed by atoms with van der Waals surface area (Å²) >= 11 is 0. The van der Waals surface area contributed by atoms with Crippen LogP contribution in [0.2, 0.25) is 0 Å². The Kier molecular flexibility index (Phi) is 3.41. The number of hydrogen-bond acceptors (Lipinski definition) is 1. The summed E-state index contributed by atoms with van der Waals surface area (Å²) in [6.07, 6.45) is 11.4. The maximum absolute atomic E-state index is 3.87. The molecule has 1 nitrogen and oxygen atoms in total. The van der Waals surface area contributed by atoms with Crippen molar-refractivity contribution in [1.29, 1.82) is 0 Å². The fraction of sp³-hybridized carbons (Fsp3) is 0.533. The normalized spacial score (nSPS) is 31.0. The van der Waals surface area contributed by atoms with Crippen molar-refractivity contribution in [1.82, 2.24) is 4.81 Å². The molecule has 0 radical (unpaired) electrons. The van der Waals surface area contributed by atoms with Gasteiger partial charge in [-0.25, -0.2) is 0 Å². The summed E-state index contributed by atoms with van der Waals surface area (Å²) in [6, 6.07) is 0. The molecule has 0 aromatic heterocycles. The van der Waals surface area contributed by atoms with Crippen molar-refractivity contribution >= 4 is 13.5 Å². The van der Waals surface area contributed by atoms with Crippen LogP contribution in [0.25, 0.3) is 0 Å². The van der Waals surface area contributed by atoms with Crippen molar-refractivity contribution in [2.45, 2.75) is 20.8 Å². The second-order valence-corrected chi connectivity index (χ2v) is 5.90. The van der Waals surface area contributed by atoms with E-state index in [2.05, 4.69) is 62.4 Å². The summed E-state index contributed by atoms with van der Waals surface area (Å²) in [4.78, 5) is 2.32. The van der Waals surface area contributed by atoms with Crippen molar-refractivity contribution in [3.8, 4) is 0 Å². The predicted octanol–water partition coefficient (Wildman–Crippen LogP) is 2.68. The van der Waals surface area contributed by atoms with Gasteiger partial charge in [-0.3, -0.25) is 0 Å². The van der Waals surface area contributed by atoms with Gasteiger partial charge in [0.05, 0.1) is 0 Å². The second-order valence-electron chi connectivity index (χ2n) is 5.90. The molecule has 0 saturated carbocycles. The summed E-state index contributed by atoms with van der Waals surface area (Å²) < 4.78 is 0. The molecule has 0 N–H and O–H groups in total. The Morgan fingerprint density at radius 1 is 1.35 bits per heavy atom. The fourth-order valence-corrected chi connectivity index (χ4v) is 2.66. The molecule has 1 fully saturated rings. The molecular weight excluding hydrogens is 205 g/mol. The van der Waals surface area contributed by atoms with Crippen LogP contribution in [0.15, 0.2) is 36.0 Å². The first-order chi connectivity index (χ1) is 8.02. The summed E-state index contributed by atoms with van der Waals surface area (Å²) in [5, 5.41) is 0. The average Bonchev–Trinajstić information content (AvgIpc) is 2.55. The van der Waals surface area contributed by atoms with Crippen LogP contribution >= 0.6 is 0 Å². The first-order valence-electron chi connectivity index (χ1n) is 6.47. The third kappa shape index (κ3) is 2.80. The van der Waals surface area contributed by atoms with E-state index in [1.807, 2.05) is 7.06 Å². The molecule has 1 aliphatic carbocycles. The molecular formula is C15H22BN. The number of rotatable bonds is 2. The molecule has 2 unspecified atom stereocenters. The van der Waals surface area contributed by atoms with Crippen LogP contribution < -0.4 is 0 Å². The molecule has 2 atom stereocenters. The van der Waals surface area contributed by atoms with E-state index in [0.717, 1.165) is 13.1 Å². The van der Waals surface area contributed by atoms with Gasteiger partial charge in [0.25, 0.3) is 0 Å². The summed E-state index contributed by atoms with van der Waals surface area (Å²) in [7, 11) is 1.97. The van der Waals surface area contributed by atoms with Crippen molar-refractivity contribution in [2.24, 2.45) is 17.3 Å². The van der Waals surface area contributed by atoms with Crippen molar-refractivity contribution in [3.05, 3.63) is 36.0 Å². The van der Waals surface area contributed by atoms with Gasteiger partial charge in [-0.2, -0.15) is 0 Å². The zero-order valence-electron chi connectivity index (χ0n) is 11.2. The van der Waals surface area contributed by atoms with Gasteiger partial charge in [0.15, 0.2) is 0 Å². The molecule has 2 aliphatic rings. The minimum atomic E-state index is 0.179. The molecule has 0 amide bonds. The second kappa shape index (κ2) is 4.68. The zero-order valence-corrected chi connectivity index (χ0v) is 11.2. The van der Waals surface area contributed by atoms with Gasteiger partial charge in [0.2, 0.25) is 0 Å². The van der Waals surface area contributed by atoms with E-state index in [9.17, 15) is 0 Å². The Balaban J connectivity index is 2.17. The van der Waals surface area contributed by atoms with E-state index in [-0.39, 0.29) is 5.41 Å². The summed E-state index contributed by atoms with van der Waals surface area (Å²) in [6.45, 7) is 12.9. The van der Waals surface area contributed by atoms with Gasteiger partial charge in [-0.05, 0) is 0 Å². The van der Waals surface area contributed by atoms with Crippen LogP contribution in [0.3, 0.4) is 0 Å². The Labute approximate surface area is 106 Å². The Morgan fingerprint density at radius 3 is 2.76 bits per heavy atom. The van der Waals surface area contributed by atoms with E-state index in [0.29, 0.717) is 11.8 Å². The molecule has 0 aromatic carbocycles. The van der Waals surface area contributed by atoms with Crippen LogP contribution in [0.1, 0.15) is 20.8 Å². The first-order valence-corrected chi connectivity index (χ1v) is 6.47. The Hall–Kier alpha value is -1.05.